The van der Waals surface area contributed by atoms with Crippen LogP contribution in [0.3, 0.4) is 0 Å². The third-order valence-electron chi connectivity index (χ3n) is 3.10. The number of benzene rings is 1. The first-order chi connectivity index (χ1) is 8.78. The lowest BCUT2D eigenvalue weighted by molar-refractivity contribution is -0.123. The largest absolute Gasteiger partial charge is 0.378 e. The zero-order valence-electron chi connectivity index (χ0n) is 10.3. The summed E-state index contributed by atoms with van der Waals surface area (Å²) in [7, 11) is 0. The molecule has 1 atom stereocenters. The molecule has 0 aliphatic carbocycles. The molecule has 2 rings (SSSR count). The van der Waals surface area contributed by atoms with Gasteiger partial charge in [0, 0.05) is 19.0 Å². The summed E-state index contributed by atoms with van der Waals surface area (Å²) in [6.45, 7) is 1.35. The van der Waals surface area contributed by atoms with Crippen LogP contribution in [-0.4, -0.2) is 18.6 Å². The SMILES string of the molecule is O=C(CC1CCCO1)NCc1ccc(CCl)cc1. The first-order valence-electron chi connectivity index (χ1n) is 6.30. The summed E-state index contributed by atoms with van der Waals surface area (Å²) in [5.74, 6) is 0.578. The van der Waals surface area contributed by atoms with E-state index in [2.05, 4.69) is 5.32 Å². The first-order valence-corrected chi connectivity index (χ1v) is 6.83. The monoisotopic (exact) mass is 267 g/mol. The van der Waals surface area contributed by atoms with Crippen LogP contribution < -0.4 is 5.32 Å². The molecule has 1 aromatic rings. The molecule has 1 heterocycles. The maximum atomic E-state index is 11.7. The topological polar surface area (TPSA) is 38.3 Å². The average Bonchev–Trinajstić information content (AvgIpc) is 2.90. The molecule has 1 unspecified atom stereocenters. The van der Waals surface area contributed by atoms with Gasteiger partial charge >= 0.3 is 0 Å². The second kappa shape index (κ2) is 6.76. The molecule has 1 N–H and O–H groups in total. The van der Waals surface area contributed by atoms with Crippen molar-refractivity contribution in [1.82, 2.24) is 5.32 Å². The average molecular weight is 268 g/mol. The molecular formula is C14H18ClNO2. The van der Waals surface area contributed by atoms with Crippen molar-refractivity contribution in [1.29, 1.82) is 0 Å². The second-order valence-electron chi connectivity index (χ2n) is 4.57. The van der Waals surface area contributed by atoms with Crippen molar-refractivity contribution in [3.8, 4) is 0 Å². The fourth-order valence-electron chi connectivity index (χ4n) is 2.03. The minimum atomic E-state index is 0.0586. The summed E-state index contributed by atoms with van der Waals surface area (Å²) in [4.78, 5) is 11.7. The van der Waals surface area contributed by atoms with E-state index in [0.717, 1.165) is 30.6 Å². The summed E-state index contributed by atoms with van der Waals surface area (Å²) in [6, 6.07) is 7.94. The van der Waals surface area contributed by atoms with Crippen molar-refractivity contribution in [2.75, 3.05) is 6.61 Å². The van der Waals surface area contributed by atoms with Gasteiger partial charge < -0.3 is 10.1 Å². The van der Waals surface area contributed by atoms with Gasteiger partial charge in [0.25, 0.3) is 0 Å². The minimum absolute atomic E-state index is 0.0586. The van der Waals surface area contributed by atoms with Crippen LogP contribution in [0.15, 0.2) is 24.3 Å². The maximum absolute atomic E-state index is 11.7. The number of alkyl halides is 1. The summed E-state index contributed by atoms with van der Waals surface area (Å²) in [6.07, 6.45) is 2.65. The first kappa shape index (κ1) is 13.4. The van der Waals surface area contributed by atoms with Crippen LogP contribution >= 0.6 is 11.6 Å². The molecule has 0 radical (unpaired) electrons. The quantitative estimate of drug-likeness (QED) is 0.833. The van der Waals surface area contributed by atoms with Gasteiger partial charge in [-0.2, -0.15) is 0 Å². The zero-order valence-corrected chi connectivity index (χ0v) is 11.1. The van der Waals surface area contributed by atoms with Gasteiger partial charge in [0.1, 0.15) is 0 Å². The fourth-order valence-corrected chi connectivity index (χ4v) is 2.21. The van der Waals surface area contributed by atoms with Crippen molar-refractivity contribution in [3.63, 3.8) is 0 Å². The summed E-state index contributed by atoms with van der Waals surface area (Å²) >= 11 is 5.72. The Kier molecular flexibility index (Phi) is 5.02. The third kappa shape index (κ3) is 4.00. The maximum Gasteiger partial charge on any atom is 0.222 e. The van der Waals surface area contributed by atoms with Gasteiger partial charge in [0.05, 0.1) is 12.5 Å². The lowest BCUT2D eigenvalue weighted by atomic mass is 10.1. The van der Waals surface area contributed by atoms with Crippen LogP contribution in [-0.2, 0) is 22.0 Å². The highest BCUT2D eigenvalue weighted by Gasteiger charge is 2.18. The predicted octanol–water partition coefficient (Wildman–Crippen LogP) is 2.61. The molecule has 1 aromatic carbocycles. The van der Waals surface area contributed by atoms with Crippen molar-refractivity contribution in [2.45, 2.75) is 37.8 Å². The Hall–Kier alpha value is -1.06. The van der Waals surface area contributed by atoms with Crippen molar-refractivity contribution in [3.05, 3.63) is 35.4 Å². The molecule has 1 aliphatic heterocycles. The molecule has 3 nitrogen and oxygen atoms in total. The number of hydrogen-bond donors (Lipinski definition) is 1. The molecule has 1 fully saturated rings. The highest BCUT2D eigenvalue weighted by Crippen LogP contribution is 2.15. The molecule has 4 heteroatoms. The number of nitrogens with one attached hydrogen (secondary N) is 1. The van der Waals surface area contributed by atoms with E-state index in [1.165, 1.54) is 0 Å². The summed E-state index contributed by atoms with van der Waals surface area (Å²) in [5.41, 5.74) is 2.18. The highest BCUT2D eigenvalue weighted by atomic mass is 35.5. The summed E-state index contributed by atoms with van der Waals surface area (Å²) < 4.78 is 5.43. The molecule has 1 saturated heterocycles. The van der Waals surface area contributed by atoms with Gasteiger partial charge in [0.2, 0.25) is 5.91 Å². The number of carbonyl (C=O) groups is 1. The van der Waals surface area contributed by atoms with E-state index >= 15 is 0 Å². The predicted molar refractivity (Wildman–Crippen MR) is 71.4 cm³/mol. The van der Waals surface area contributed by atoms with E-state index in [1.54, 1.807) is 0 Å². The third-order valence-corrected chi connectivity index (χ3v) is 3.41. The molecule has 0 aromatic heterocycles. The number of halogens is 1. The van der Waals surface area contributed by atoms with Gasteiger partial charge in [-0.3, -0.25) is 4.79 Å². The number of amides is 1. The Bertz CT molecular complexity index is 385. The smallest absolute Gasteiger partial charge is 0.222 e. The number of ether oxygens (including phenoxy) is 1. The van der Waals surface area contributed by atoms with E-state index in [-0.39, 0.29) is 12.0 Å². The number of carbonyl (C=O) groups excluding carboxylic acids is 1. The zero-order chi connectivity index (χ0) is 12.8. The lowest BCUT2D eigenvalue weighted by Gasteiger charge is -2.10. The van der Waals surface area contributed by atoms with E-state index in [1.807, 2.05) is 24.3 Å². The molecular weight excluding hydrogens is 250 g/mol. The summed E-state index contributed by atoms with van der Waals surface area (Å²) in [5, 5.41) is 2.91. The normalized spacial score (nSPS) is 18.8. The van der Waals surface area contributed by atoms with Gasteiger partial charge in [-0.15, -0.1) is 11.6 Å². The second-order valence-corrected chi connectivity index (χ2v) is 4.83. The van der Waals surface area contributed by atoms with Crippen LogP contribution in [0.2, 0.25) is 0 Å². The Morgan fingerprint density at radius 1 is 1.33 bits per heavy atom. The van der Waals surface area contributed by atoms with E-state index in [9.17, 15) is 4.79 Å². The van der Waals surface area contributed by atoms with Gasteiger partial charge in [-0.25, -0.2) is 0 Å². The van der Waals surface area contributed by atoms with Crippen LogP contribution in [0.1, 0.15) is 30.4 Å². The lowest BCUT2D eigenvalue weighted by Crippen LogP contribution is -2.26. The van der Waals surface area contributed by atoms with Crippen molar-refractivity contribution in [2.24, 2.45) is 0 Å². The molecule has 0 spiro atoms. The highest BCUT2D eigenvalue weighted by molar-refractivity contribution is 6.17. The van der Waals surface area contributed by atoms with Gasteiger partial charge in [-0.1, -0.05) is 24.3 Å². The van der Waals surface area contributed by atoms with Crippen LogP contribution in [0, 0.1) is 0 Å². The minimum Gasteiger partial charge on any atom is -0.378 e. The molecule has 98 valence electrons. The van der Waals surface area contributed by atoms with E-state index < -0.39 is 0 Å². The van der Waals surface area contributed by atoms with Crippen LogP contribution in [0.25, 0.3) is 0 Å². The number of rotatable bonds is 5. The molecule has 18 heavy (non-hydrogen) atoms. The van der Waals surface area contributed by atoms with Crippen molar-refractivity contribution >= 4 is 17.5 Å². The Balaban J connectivity index is 1.74. The van der Waals surface area contributed by atoms with Crippen LogP contribution in [0.5, 0.6) is 0 Å². The molecule has 1 aliphatic rings. The molecule has 0 bridgehead atoms. The Labute approximate surface area is 112 Å². The Morgan fingerprint density at radius 3 is 2.67 bits per heavy atom. The van der Waals surface area contributed by atoms with E-state index in [4.69, 9.17) is 16.3 Å². The standard InChI is InChI=1S/C14H18ClNO2/c15-9-11-3-5-12(6-4-11)10-16-14(17)8-13-2-1-7-18-13/h3-6,13H,1-2,7-10H2,(H,16,17). The Morgan fingerprint density at radius 2 is 2.06 bits per heavy atom. The van der Waals surface area contributed by atoms with Crippen LogP contribution in [0.4, 0.5) is 0 Å². The van der Waals surface area contributed by atoms with Gasteiger partial charge in [0.15, 0.2) is 0 Å². The van der Waals surface area contributed by atoms with E-state index in [0.29, 0.717) is 18.8 Å². The fraction of sp³-hybridized carbons (Fsp3) is 0.500. The molecule has 1 amide bonds. The molecule has 0 saturated carbocycles. The number of hydrogen-bond acceptors (Lipinski definition) is 2. The van der Waals surface area contributed by atoms with Crippen molar-refractivity contribution < 1.29 is 9.53 Å². The van der Waals surface area contributed by atoms with Gasteiger partial charge in [-0.05, 0) is 24.0 Å².